The highest BCUT2D eigenvalue weighted by molar-refractivity contribution is 7.92. The van der Waals surface area contributed by atoms with Gasteiger partial charge in [-0.05, 0) is 44.3 Å². The molecule has 1 aliphatic heterocycles. The molecule has 2 aromatic rings. The van der Waals surface area contributed by atoms with E-state index in [2.05, 4.69) is 4.90 Å². The predicted octanol–water partition coefficient (Wildman–Crippen LogP) is 2.29. The zero-order valence-corrected chi connectivity index (χ0v) is 16.5. The molecule has 0 bridgehead atoms. The van der Waals surface area contributed by atoms with E-state index in [0.717, 1.165) is 19.5 Å². The van der Waals surface area contributed by atoms with Crippen LogP contribution in [0.5, 0.6) is 0 Å². The van der Waals surface area contributed by atoms with Gasteiger partial charge in [-0.1, -0.05) is 30.3 Å². The first kappa shape index (κ1) is 19.4. The van der Waals surface area contributed by atoms with Gasteiger partial charge in [0.05, 0.1) is 11.3 Å². The number of rotatable bonds is 4. The van der Waals surface area contributed by atoms with Crippen LogP contribution in [-0.2, 0) is 10.0 Å². The van der Waals surface area contributed by atoms with Gasteiger partial charge in [-0.2, -0.15) is 0 Å². The molecule has 1 saturated heterocycles. The van der Waals surface area contributed by atoms with Crippen molar-refractivity contribution in [2.45, 2.75) is 11.3 Å². The smallest absolute Gasteiger partial charge is 0.264 e. The van der Waals surface area contributed by atoms with Crippen LogP contribution in [0.3, 0.4) is 0 Å². The van der Waals surface area contributed by atoms with Crippen molar-refractivity contribution in [3.8, 4) is 0 Å². The third-order valence-corrected chi connectivity index (χ3v) is 6.73. The Kier molecular flexibility index (Phi) is 5.82. The van der Waals surface area contributed by atoms with Crippen LogP contribution in [0.25, 0.3) is 0 Å². The number of carbonyl (C=O) groups excluding carboxylic acids is 1. The van der Waals surface area contributed by atoms with Crippen molar-refractivity contribution >= 4 is 21.6 Å². The number of carbonyl (C=O) groups is 1. The standard InChI is InChI=1S/C20H25N3O3S/c1-21-13-8-14-23(16-15-21)20(24)18-11-6-7-12-19(18)27(25,26)22(2)17-9-4-3-5-10-17/h3-7,9-12H,8,13-16H2,1-2H3. The van der Waals surface area contributed by atoms with Crippen LogP contribution in [-0.4, -0.2) is 64.4 Å². The second kappa shape index (κ2) is 8.10. The highest BCUT2D eigenvalue weighted by atomic mass is 32.2. The van der Waals surface area contributed by atoms with Crippen LogP contribution in [0, 0.1) is 0 Å². The number of amides is 1. The molecule has 0 N–H and O–H groups in total. The van der Waals surface area contributed by atoms with Gasteiger partial charge in [-0.3, -0.25) is 9.10 Å². The van der Waals surface area contributed by atoms with Crippen LogP contribution in [0.15, 0.2) is 59.5 Å². The van der Waals surface area contributed by atoms with Crippen molar-refractivity contribution in [2.75, 3.05) is 44.6 Å². The quantitative estimate of drug-likeness (QED) is 0.808. The number of anilines is 1. The summed E-state index contributed by atoms with van der Waals surface area (Å²) < 4.78 is 27.6. The topological polar surface area (TPSA) is 60.9 Å². The number of likely N-dealkylation sites (N-methyl/N-ethyl adjacent to an activating group) is 1. The number of hydrogen-bond acceptors (Lipinski definition) is 4. The molecule has 0 aliphatic carbocycles. The fourth-order valence-corrected chi connectivity index (χ4v) is 4.59. The fourth-order valence-electron chi connectivity index (χ4n) is 3.21. The van der Waals surface area contributed by atoms with E-state index in [1.807, 2.05) is 13.1 Å². The maximum absolute atomic E-state index is 13.2. The zero-order chi connectivity index (χ0) is 19.4. The molecule has 1 fully saturated rings. The summed E-state index contributed by atoms with van der Waals surface area (Å²) in [6.07, 6.45) is 0.876. The van der Waals surface area contributed by atoms with E-state index in [0.29, 0.717) is 18.8 Å². The van der Waals surface area contributed by atoms with Gasteiger partial charge in [0.15, 0.2) is 0 Å². The van der Waals surface area contributed by atoms with E-state index in [-0.39, 0.29) is 16.4 Å². The normalized spacial score (nSPS) is 16.0. The molecule has 2 aromatic carbocycles. The summed E-state index contributed by atoms with van der Waals surface area (Å²) in [5.41, 5.74) is 0.779. The lowest BCUT2D eigenvalue weighted by Crippen LogP contribution is -2.36. The molecular weight excluding hydrogens is 362 g/mol. The predicted molar refractivity (Wildman–Crippen MR) is 106 cm³/mol. The van der Waals surface area contributed by atoms with Crippen LogP contribution >= 0.6 is 0 Å². The molecule has 0 atom stereocenters. The molecule has 27 heavy (non-hydrogen) atoms. The average Bonchev–Trinajstić information content (AvgIpc) is 2.92. The Balaban J connectivity index is 1.95. The molecule has 7 heteroatoms. The van der Waals surface area contributed by atoms with Gasteiger partial charge in [0.25, 0.3) is 15.9 Å². The monoisotopic (exact) mass is 387 g/mol. The van der Waals surface area contributed by atoms with Crippen molar-refractivity contribution in [3.63, 3.8) is 0 Å². The van der Waals surface area contributed by atoms with Crippen molar-refractivity contribution in [1.29, 1.82) is 0 Å². The molecule has 1 amide bonds. The summed E-state index contributed by atoms with van der Waals surface area (Å²) in [7, 11) is -0.315. The third-order valence-electron chi connectivity index (χ3n) is 4.88. The minimum absolute atomic E-state index is 0.0407. The molecule has 0 saturated carbocycles. The number of hydrogen-bond donors (Lipinski definition) is 0. The van der Waals surface area contributed by atoms with E-state index in [1.54, 1.807) is 47.4 Å². The van der Waals surface area contributed by atoms with Crippen molar-refractivity contribution in [3.05, 3.63) is 60.2 Å². The summed E-state index contributed by atoms with van der Waals surface area (Å²) >= 11 is 0. The largest absolute Gasteiger partial charge is 0.337 e. The second-order valence-corrected chi connectivity index (χ2v) is 8.69. The summed E-state index contributed by atoms with van der Waals surface area (Å²) in [6, 6.07) is 15.3. The van der Waals surface area contributed by atoms with Crippen LogP contribution in [0.1, 0.15) is 16.8 Å². The summed E-state index contributed by atoms with van der Waals surface area (Å²) in [5, 5.41) is 0. The van der Waals surface area contributed by atoms with E-state index in [1.165, 1.54) is 17.4 Å². The van der Waals surface area contributed by atoms with Gasteiger partial charge < -0.3 is 9.80 Å². The van der Waals surface area contributed by atoms with Crippen molar-refractivity contribution < 1.29 is 13.2 Å². The Morgan fingerprint density at radius 3 is 2.33 bits per heavy atom. The molecule has 0 spiro atoms. The number of nitrogens with zero attached hydrogens (tertiary/aromatic N) is 3. The van der Waals surface area contributed by atoms with E-state index in [4.69, 9.17) is 0 Å². The lowest BCUT2D eigenvalue weighted by Gasteiger charge is -2.24. The Labute approximate surface area is 161 Å². The minimum Gasteiger partial charge on any atom is -0.337 e. The highest BCUT2D eigenvalue weighted by Gasteiger charge is 2.29. The molecule has 3 rings (SSSR count). The van der Waals surface area contributed by atoms with E-state index in [9.17, 15) is 13.2 Å². The third kappa shape index (κ3) is 4.14. The Morgan fingerprint density at radius 2 is 1.59 bits per heavy atom. The fraction of sp³-hybridized carbons (Fsp3) is 0.350. The first-order valence-electron chi connectivity index (χ1n) is 9.02. The Bertz CT molecular complexity index is 900. The second-order valence-electron chi connectivity index (χ2n) is 6.75. The van der Waals surface area contributed by atoms with Gasteiger partial charge in [-0.25, -0.2) is 8.42 Å². The first-order valence-corrected chi connectivity index (χ1v) is 10.5. The molecular formula is C20H25N3O3S. The first-order chi connectivity index (χ1) is 12.9. The van der Waals surface area contributed by atoms with Crippen molar-refractivity contribution in [2.24, 2.45) is 0 Å². The number of sulfonamides is 1. The lowest BCUT2D eigenvalue weighted by molar-refractivity contribution is 0.0759. The molecule has 0 unspecified atom stereocenters. The maximum Gasteiger partial charge on any atom is 0.264 e. The summed E-state index contributed by atoms with van der Waals surface area (Å²) in [5.74, 6) is -0.231. The molecule has 144 valence electrons. The molecule has 0 radical (unpaired) electrons. The van der Waals surface area contributed by atoms with E-state index >= 15 is 0 Å². The molecule has 0 aromatic heterocycles. The van der Waals surface area contributed by atoms with Crippen LogP contribution < -0.4 is 4.31 Å². The number of benzene rings is 2. The number of para-hydroxylation sites is 1. The van der Waals surface area contributed by atoms with Gasteiger partial charge in [-0.15, -0.1) is 0 Å². The van der Waals surface area contributed by atoms with Crippen molar-refractivity contribution in [1.82, 2.24) is 9.80 Å². The molecule has 6 nitrogen and oxygen atoms in total. The molecule has 1 aliphatic rings. The lowest BCUT2D eigenvalue weighted by atomic mass is 10.2. The van der Waals surface area contributed by atoms with Crippen LogP contribution in [0.4, 0.5) is 5.69 Å². The maximum atomic E-state index is 13.2. The highest BCUT2D eigenvalue weighted by Crippen LogP contribution is 2.25. The SMILES string of the molecule is CN1CCCN(C(=O)c2ccccc2S(=O)(=O)N(C)c2ccccc2)CC1. The van der Waals surface area contributed by atoms with Gasteiger partial charge >= 0.3 is 0 Å². The van der Waals surface area contributed by atoms with Crippen LogP contribution in [0.2, 0.25) is 0 Å². The summed E-state index contributed by atoms with van der Waals surface area (Å²) in [6.45, 7) is 2.94. The Hall–Kier alpha value is -2.38. The van der Waals surface area contributed by atoms with Gasteiger partial charge in [0, 0.05) is 26.7 Å². The molecule has 1 heterocycles. The van der Waals surface area contributed by atoms with E-state index < -0.39 is 10.0 Å². The zero-order valence-electron chi connectivity index (χ0n) is 15.7. The Morgan fingerprint density at radius 1 is 0.926 bits per heavy atom. The van der Waals surface area contributed by atoms with Gasteiger partial charge in [0.2, 0.25) is 0 Å². The average molecular weight is 388 g/mol. The van der Waals surface area contributed by atoms with Gasteiger partial charge in [0.1, 0.15) is 4.90 Å². The minimum atomic E-state index is -3.85. The summed E-state index contributed by atoms with van der Waals surface area (Å²) in [4.78, 5) is 17.1.